The number of H-pyrrole nitrogens is 1. The van der Waals surface area contributed by atoms with Crippen LogP contribution in [-0.4, -0.2) is 52.5 Å². The van der Waals surface area contributed by atoms with Crippen LogP contribution in [0.25, 0.3) is 22.4 Å². The van der Waals surface area contributed by atoms with Crippen LogP contribution in [0.5, 0.6) is 0 Å². The summed E-state index contributed by atoms with van der Waals surface area (Å²) in [5.74, 6) is -0.199. The van der Waals surface area contributed by atoms with Crippen LogP contribution in [-0.2, 0) is 0 Å². The maximum atomic E-state index is 13.6. The quantitative estimate of drug-likeness (QED) is 0.291. The number of carbonyl (C=O) groups is 1. The number of aromatic nitrogens is 2. The monoisotopic (exact) mass is 539 g/mol. The number of hydrogen-bond acceptors (Lipinski definition) is 4. The zero-order valence-electron chi connectivity index (χ0n) is 20.9. The Morgan fingerprint density at radius 3 is 2.51 bits per heavy atom. The molecule has 6 nitrogen and oxygen atoms in total. The molecule has 1 aliphatic heterocycles. The van der Waals surface area contributed by atoms with Gasteiger partial charge in [-0.1, -0.05) is 30.1 Å². The third-order valence-electron chi connectivity index (χ3n) is 6.95. The van der Waals surface area contributed by atoms with Crippen molar-refractivity contribution >= 4 is 51.5 Å². The Morgan fingerprint density at radius 2 is 1.81 bits per heavy atom. The SMILES string of the molecule is CCN1[C@H](C)CN(c2ccc(C(=O)Nc3ccc(Cl)c(-c4nc5ccc(F)cc5[nH]4)c3)c(Cl)c2)C[C@@H]1C. The molecule has 0 saturated carbocycles. The van der Waals surface area contributed by atoms with Gasteiger partial charge in [-0.15, -0.1) is 0 Å². The highest BCUT2D eigenvalue weighted by Gasteiger charge is 2.28. The third-order valence-corrected chi connectivity index (χ3v) is 7.59. The molecule has 4 aromatic rings. The van der Waals surface area contributed by atoms with Gasteiger partial charge >= 0.3 is 0 Å². The number of nitrogens with one attached hydrogen (secondary N) is 2. The minimum Gasteiger partial charge on any atom is -0.368 e. The van der Waals surface area contributed by atoms with E-state index in [1.54, 1.807) is 30.3 Å². The molecule has 1 saturated heterocycles. The molecule has 0 radical (unpaired) electrons. The number of imidazole rings is 1. The van der Waals surface area contributed by atoms with Gasteiger partial charge in [-0.3, -0.25) is 9.69 Å². The van der Waals surface area contributed by atoms with Crippen molar-refractivity contribution in [1.29, 1.82) is 0 Å². The van der Waals surface area contributed by atoms with Crippen LogP contribution in [0.15, 0.2) is 54.6 Å². The van der Waals surface area contributed by atoms with Gasteiger partial charge in [0.25, 0.3) is 5.91 Å². The lowest BCUT2D eigenvalue weighted by Gasteiger charge is -2.45. The lowest BCUT2D eigenvalue weighted by atomic mass is 10.1. The van der Waals surface area contributed by atoms with E-state index in [9.17, 15) is 9.18 Å². The summed E-state index contributed by atoms with van der Waals surface area (Å²) in [4.78, 5) is 25.5. The number of anilines is 2. The number of rotatable bonds is 5. The topological polar surface area (TPSA) is 64.3 Å². The van der Waals surface area contributed by atoms with Crippen molar-refractivity contribution in [3.63, 3.8) is 0 Å². The summed E-state index contributed by atoms with van der Waals surface area (Å²) >= 11 is 13.0. The Labute approximate surface area is 225 Å². The fourth-order valence-electron chi connectivity index (χ4n) is 5.17. The number of halogens is 3. The van der Waals surface area contributed by atoms with Crippen molar-refractivity contribution in [2.45, 2.75) is 32.9 Å². The van der Waals surface area contributed by atoms with Gasteiger partial charge in [0.05, 0.1) is 26.6 Å². The van der Waals surface area contributed by atoms with E-state index in [1.165, 1.54) is 12.1 Å². The smallest absolute Gasteiger partial charge is 0.257 e. The minimum absolute atomic E-state index is 0.325. The molecule has 5 rings (SSSR count). The molecule has 0 unspecified atom stereocenters. The number of nitrogens with zero attached hydrogens (tertiary/aromatic N) is 3. The summed E-state index contributed by atoms with van der Waals surface area (Å²) in [6, 6.07) is 15.9. The summed E-state index contributed by atoms with van der Waals surface area (Å²) < 4.78 is 13.6. The number of fused-ring (bicyclic) bond motifs is 1. The molecule has 192 valence electrons. The number of amides is 1. The molecule has 2 heterocycles. The molecule has 0 aliphatic carbocycles. The van der Waals surface area contributed by atoms with E-state index in [2.05, 4.69) is 45.9 Å². The van der Waals surface area contributed by atoms with E-state index < -0.39 is 0 Å². The highest BCUT2D eigenvalue weighted by Crippen LogP contribution is 2.32. The summed E-state index contributed by atoms with van der Waals surface area (Å²) in [5.41, 5.74) is 3.70. The Hall–Kier alpha value is -3.13. The first-order valence-corrected chi connectivity index (χ1v) is 13.1. The molecular formula is C28H28Cl2FN5O. The molecule has 2 N–H and O–H groups in total. The van der Waals surface area contributed by atoms with E-state index in [4.69, 9.17) is 23.2 Å². The predicted molar refractivity (Wildman–Crippen MR) is 149 cm³/mol. The fourth-order valence-corrected chi connectivity index (χ4v) is 5.64. The van der Waals surface area contributed by atoms with Crippen molar-refractivity contribution < 1.29 is 9.18 Å². The Balaban J connectivity index is 1.35. The molecule has 2 atom stereocenters. The average Bonchev–Trinajstić information content (AvgIpc) is 3.27. The van der Waals surface area contributed by atoms with E-state index in [0.29, 0.717) is 55.8 Å². The Bertz CT molecular complexity index is 1460. The molecule has 0 bridgehead atoms. The van der Waals surface area contributed by atoms with Crippen LogP contribution in [0.4, 0.5) is 15.8 Å². The number of piperazine rings is 1. The number of carbonyl (C=O) groups excluding carboxylic acids is 1. The molecule has 9 heteroatoms. The van der Waals surface area contributed by atoms with Crippen molar-refractivity contribution in [3.8, 4) is 11.4 Å². The van der Waals surface area contributed by atoms with Crippen molar-refractivity contribution in [1.82, 2.24) is 14.9 Å². The van der Waals surface area contributed by atoms with Crippen LogP contribution in [0.2, 0.25) is 10.0 Å². The first kappa shape index (κ1) is 25.5. The molecule has 3 aromatic carbocycles. The van der Waals surface area contributed by atoms with Crippen LogP contribution in [0.1, 0.15) is 31.1 Å². The Morgan fingerprint density at radius 1 is 1.05 bits per heavy atom. The van der Waals surface area contributed by atoms with Crippen molar-refractivity contribution in [3.05, 3.63) is 76.0 Å². The lowest BCUT2D eigenvalue weighted by molar-refractivity contribution is 0.102. The third kappa shape index (κ3) is 5.17. The zero-order valence-corrected chi connectivity index (χ0v) is 22.4. The van der Waals surface area contributed by atoms with Gasteiger partial charge in [-0.2, -0.15) is 0 Å². The molecular weight excluding hydrogens is 512 g/mol. The van der Waals surface area contributed by atoms with Gasteiger partial charge in [0.15, 0.2) is 0 Å². The number of hydrogen-bond donors (Lipinski definition) is 2. The second kappa shape index (κ2) is 10.3. The average molecular weight is 540 g/mol. The molecule has 0 spiro atoms. The molecule has 1 aliphatic rings. The van der Waals surface area contributed by atoms with Gasteiger partial charge in [0.1, 0.15) is 11.6 Å². The van der Waals surface area contributed by atoms with Crippen molar-refractivity contribution in [2.24, 2.45) is 0 Å². The molecule has 37 heavy (non-hydrogen) atoms. The lowest BCUT2D eigenvalue weighted by Crippen LogP contribution is -2.56. The first-order valence-electron chi connectivity index (χ1n) is 12.3. The van der Waals surface area contributed by atoms with Crippen LogP contribution >= 0.6 is 23.2 Å². The standard InChI is InChI=1S/C28H28Cl2FN5O/c1-4-36-16(2)14-35(15-17(36)3)20-7-8-21(24(30)13-20)28(37)32-19-6-9-23(29)22(12-19)27-33-25-10-5-18(31)11-26(25)34-27/h5-13,16-17H,4,14-15H2,1-3H3,(H,32,37)(H,33,34)/t16-,17+. The number of likely N-dealkylation sites (N-methyl/N-ethyl adjacent to an activating group) is 1. The summed E-state index contributed by atoms with van der Waals surface area (Å²) in [6.45, 7) is 9.50. The van der Waals surface area contributed by atoms with Crippen LogP contribution < -0.4 is 10.2 Å². The van der Waals surface area contributed by atoms with E-state index in [1.807, 2.05) is 12.1 Å². The summed E-state index contributed by atoms with van der Waals surface area (Å²) in [7, 11) is 0. The van der Waals surface area contributed by atoms with Gasteiger partial charge in [-0.05, 0) is 75.0 Å². The normalized spacial score (nSPS) is 18.4. The van der Waals surface area contributed by atoms with E-state index in [-0.39, 0.29) is 11.7 Å². The van der Waals surface area contributed by atoms with Crippen molar-refractivity contribution in [2.75, 3.05) is 29.9 Å². The molecule has 1 amide bonds. The highest BCUT2D eigenvalue weighted by atomic mass is 35.5. The minimum atomic E-state index is -0.357. The maximum absolute atomic E-state index is 13.6. The van der Waals surface area contributed by atoms with Gasteiger partial charge < -0.3 is 15.2 Å². The van der Waals surface area contributed by atoms with E-state index in [0.717, 1.165) is 25.3 Å². The van der Waals surface area contributed by atoms with Gasteiger partial charge in [0, 0.05) is 42.1 Å². The second-order valence-electron chi connectivity index (χ2n) is 9.49. The molecule has 1 aromatic heterocycles. The van der Waals surface area contributed by atoms with Crippen LogP contribution in [0.3, 0.4) is 0 Å². The van der Waals surface area contributed by atoms with E-state index >= 15 is 0 Å². The van der Waals surface area contributed by atoms with Crippen LogP contribution in [0, 0.1) is 5.82 Å². The maximum Gasteiger partial charge on any atom is 0.257 e. The summed E-state index contributed by atoms with van der Waals surface area (Å²) in [5, 5.41) is 3.74. The largest absolute Gasteiger partial charge is 0.368 e. The van der Waals surface area contributed by atoms with Gasteiger partial charge in [-0.25, -0.2) is 9.37 Å². The Kier molecular flexibility index (Phi) is 7.12. The first-order chi connectivity index (χ1) is 17.7. The summed E-state index contributed by atoms with van der Waals surface area (Å²) in [6.07, 6.45) is 0. The zero-order chi connectivity index (χ0) is 26.3. The van der Waals surface area contributed by atoms with Gasteiger partial charge in [0.2, 0.25) is 0 Å². The highest BCUT2D eigenvalue weighted by molar-refractivity contribution is 6.35. The number of benzene rings is 3. The molecule has 1 fully saturated rings. The number of aromatic amines is 1. The predicted octanol–water partition coefficient (Wildman–Crippen LogP) is 6.85. The fraction of sp³-hybridized carbons (Fsp3) is 0.286. The second-order valence-corrected chi connectivity index (χ2v) is 10.3.